The van der Waals surface area contributed by atoms with E-state index in [1.807, 2.05) is 0 Å². The Balaban J connectivity index is 1.19. The maximum atomic E-state index is 13.4. The molecule has 0 unspecified atom stereocenters. The van der Waals surface area contributed by atoms with Crippen LogP contribution in [0.15, 0.2) is 119 Å². The molecule has 4 aromatic heterocycles. The fourth-order valence-electron chi connectivity index (χ4n) is 5.34. The Bertz CT molecular complexity index is 2560. The number of benzene rings is 3. The first-order valence-corrected chi connectivity index (χ1v) is 16.8. The van der Waals surface area contributed by atoms with Gasteiger partial charge in [-0.05, 0) is 78.4 Å². The molecular formula is C35H26FN7O6S. The molecule has 50 heavy (non-hydrogen) atoms. The lowest BCUT2D eigenvalue weighted by Crippen LogP contribution is -2.27. The van der Waals surface area contributed by atoms with Gasteiger partial charge in [0.2, 0.25) is 21.6 Å². The maximum Gasteiger partial charge on any atom is 0.267 e. The van der Waals surface area contributed by atoms with Gasteiger partial charge in [-0.15, -0.1) is 0 Å². The summed E-state index contributed by atoms with van der Waals surface area (Å²) < 4.78 is 55.2. The van der Waals surface area contributed by atoms with E-state index < -0.39 is 27.3 Å². The number of rotatable bonds is 9. The molecule has 15 heteroatoms. The van der Waals surface area contributed by atoms with Crippen LogP contribution in [0.25, 0.3) is 39.2 Å². The van der Waals surface area contributed by atoms with Gasteiger partial charge < -0.3 is 14.5 Å². The van der Waals surface area contributed by atoms with Crippen LogP contribution in [0.5, 0.6) is 11.6 Å². The molecule has 7 rings (SSSR count). The zero-order chi connectivity index (χ0) is 35.0. The Labute approximate surface area is 283 Å². The highest BCUT2D eigenvalue weighted by atomic mass is 32.2. The SMILES string of the molecule is Cn1cc(-c2oc3ncnc(Oc4ccc(NC(=O)c5cccn(-c6ccc(F)cc6)c5=O)cc4)c3c2-c2cccc(NS(C)(=O)=O)c2)cn1. The lowest BCUT2D eigenvalue weighted by molar-refractivity contribution is 0.102. The second kappa shape index (κ2) is 12.8. The predicted octanol–water partition coefficient (Wildman–Crippen LogP) is 6.00. The molecule has 7 aromatic rings. The zero-order valence-electron chi connectivity index (χ0n) is 26.4. The molecule has 4 heterocycles. The van der Waals surface area contributed by atoms with Gasteiger partial charge in [0.05, 0.1) is 18.0 Å². The molecule has 0 aliphatic carbocycles. The number of pyridine rings is 1. The van der Waals surface area contributed by atoms with Gasteiger partial charge >= 0.3 is 0 Å². The molecule has 0 saturated carbocycles. The normalized spacial score (nSPS) is 11.4. The van der Waals surface area contributed by atoms with Crippen LogP contribution in [0, 0.1) is 5.82 Å². The monoisotopic (exact) mass is 691 g/mol. The molecule has 1 amide bonds. The lowest BCUT2D eigenvalue weighted by Gasteiger charge is -2.11. The van der Waals surface area contributed by atoms with E-state index in [0.717, 1.165) is 6.26 Å². The average Bonchev–Trinajstić information content (AvgIpc) is 3.70. The minimum Gasteiger partial charge on any atom is -0.438 e. The van der Waals surface area contributed by atoms with Crippen molar-refractivity contribution in [1.82, 2.24) is 24.3 Å². The quantitative estimate of drug-likeness (QED) is 0.185. The molecule has 0 aliphatic rings. The van der Waals surface area contributed by atoms with Crippen molar-refractivity contribution >= 4 is 38.4 Å². The number of hydrogen-bond donors (Lipinski definition) is 2. The number of aryl methyl sites for hydroxylation is 1. The van der Waals surface area contributed by atoms with Gasteiger partial charge in [-0.1, -0.05) is 12.1 Å². The van der Waals surface area contributed by atoms with Crippen molar-refractivity contribution in [3.63, 3.8) is 0 Å². The van der Waals surface area contributed by atoms with Crippen molar-refractivity contribution in [2.24, 2.45) is 7.05 Å². The summed E-state index contributed by atoms with van der Waals surface area (Å²) in [6.07, 6.45) is 7.27. The summed E-state index contributed by atoms with van der Waals surface area (Å²) in [6, 6.07) is 21.6. The summed E-state index contributed by atoms with van der Waals surface area (Å²) in [5.74, 6) is -0.124. The minimum atomic E-state index is -3.55. The number of aromatic nitrogens is 5. The number of ether oxygens (including phenoxy) is 1. The van der Waals surface area contributed by atoms with E-state index in [-0.39, 0.29) is 17.2 Å². The Kier molecular flexibility index (Phi) is 8.17. The smallest absolute Gasteiger partial charge is 0.267 e. The molecule has 0 fully saturated rings. The number of carbonyl (C=O) groups excluding carboxylic acids is 1. The van der Waals surface area contributed by atoms with Crippen LogP contribution in [-0.4, -0.2) is 44.9 Å². The lowest BCUT2D eigenvalue weighted by atomic mass is 10.0. The highest BCUT2D eigenvalue weighted by molar-refractivity contribution is 7.92. The highest BCUT2D eigenvalue weighted by Crippen LogP contribution is 2.44. The molecule has 250 valence electrons. The van der Waals surface area contributed by atoms with E-state index in [1.54, 1.807) is 78.7 Å². The number of hydrogen-bond acceptors (Lipinski definition) is 9. The predicted molar refractivity (Wildman–Crippen MR) is 184 cm³/mol. The standard InChI is InChI=1S/C35H26FN7O6S/c1-42-19-22(18-39-42)31-29(21-5-3-6-25(17-21)41-50(2,46)47)30-33(37-20-38-34(30)49-31)48-27-14-10-24(11-15-27)40-32(44)28-7-4-16-43(35(28)45)26-12-8-23(36)9-13-26/h3-20,41H,1-2H3,(H,40,44). The van der Waals surface area contributed by atoms with Crippen molar-refractivity contribution < 1.29 is 26.8 Å². The van der Waals surface area contributed by atoms with Crippen LogP contribution in [-0.2, 0) is 17.1 Å². The van der Waals surface area contributed by atoms with E-state index in [9.17, 15) is 22.4 Å². The molecule has 3 aromatic carbocycles. The van der Waals surface area contributed by atoms with Gasteiger partial charge in [0.1, 0.15) is 34.6 Å². The number of amides is 1. The Morgan fingerprint density at radius 2 is 1.72 bits per heavy atom. The van der Waals surface area contributed by atoms with E-state index >= 15 is 0 Å². The first-order valence-electron chi connectivity index (χ1n) is 14.9. The van der Waals surface area contributed by atoms with Gasteiger partial charge in [0.15, 0.2) is 0 Å². The summed E-state index contributed by atoms with van der Waals surface area (Å²) in [5, 5.41) is 7.41. The number of halogens is 1. The summed E-state index contributed by atoms with van der Waals surface area (Å²) in [5.41, 5.74) is 2.52. The molecule has 0 bridgehead atoms. The van der Waals surface area contributed by atoms with Crippen molar-refractivity contribution in [2.45, 2.75) is 0 Å². The van der Waals surface area contributed by atoms with E-state index in [4.69, 9.17) is 9.15 Å². The third-order valence-corrected chi connectivity index (χ3v) is 8.10. The largest absolute Gasteiger partial charge is 0.438 e. The highest BCUT2D eigenvalue weighted by Gasteiger charge is 2.25. The van der Waals surface area contributed by atoms with Crippen LogP contribution in [0.2, 0.25) is 0 Å². The maximum absolute atomic E-state index is 13.4. The molecule has 0 atom stereocenters. The molecule has 0 spiro atoms. The van der Waals surface area contributed by atoms with E-state index in [0.29, 0.717) is 50.6 Å². The summed E-state index contributed by atoms with van der Waals surface area (Å²) in [7, 11) is -1.78. The molecule has 2 N–H and O–H groups in total. The van der Waals surface area contributed by atoms with Crippen LogP contribution in [0.1, 0.15) is 10.4 Å². The van der Waals surface area contributed by atoms with Crippen LogP contribution in [0.3, 0.4) is 0 Å². The van der Waals surface area contributed by atoms with Gasteiger partial charge in [-0.25, -0.2) is 22.8 Å². The minimum absolute atomic E-state index is 0.103. The summed E-state index contributed by atoms with van der Waals surface area (Å²) >= 11 is 0. The number of fused-ring (bicyclic) bond motifs is 1. The number of carbonyl (C=O) groups is 1. The molecule has 13 nitrogen and oxygen atoms in total. The second-order valence-electron chi connectivity index (χ2n) is 11.2. The van der Waals surface area contributed by atoms with Crippen LogP contribution < -0.4 is 20.3 Å². The average molecular weight is 692 g/mol. The van der Waals surface area contributed by atoms with Crippen LogP contribution in [0.4, 0.5) is 15.8 Å². The summed E-state index contributed by atoms with van der Waals surface area (Å²) in [6.45, 7) is 0. The number of sulfonamides is 1. The topological polar surface area (TPSA) is 163 Å². The number of nitrogens with zero attached hydrogens (tertiary/aromatic N) is 5. The van der Waals surface area contributed by atoms with Gasteiger partial charge in [0, 0.05) is 42.1 Å². The van der Waals surface area contributed by atoms with Crippen LogP contribution >= 0.6 is 0 Å². The zero-order valence-corrected chi connectivity index (χ0v) is 27.2. The van der Waals surface area contributed by atoms with Crippen molar-refractivity contribution in [3.8, 4) is 39.8 Å². The third kappa shape index (κ3) is 6.57. The first-order chi connectivity index (χ1) is 24.0. The first kappa shape index (κ1) is 32.0. The fourth-order valence-corrected chi connectivity index (χ4v) is 5.90. The van der Waals surface area contributed by atoms with Crippen molar-refractivity contribution in [2.75, 3.05) is 16.3 Å². The van der Waals surface area contributed by atoms with E-state index in [1.165, 1.54) is 47.4 Å². The Hall–Kier alpha value is -6.61. The van der Waals surface area contributed by atoms with Gasteiger partial charge in [-0.2, -0.15) is 5.10 Å². The van der Waals surface area contributed by atoms with E-state index in [2.05, 4.69) is 25.1 Å². The fraction of sp³-hybridized carbons (Fsp3) is 0.0571. The number of furan rings is 1. The van der Waals surface area contributed by atoms with Crippen molar-refractivity contribution in [1.29, 1.82) is 0 Å². The van der Waals surface area contributed by atoms with Crippen molar-refractivity contribution in [3.05, 3.63) is 132 Å². The molecular weight excluding hydrogens is 665 g/mol. The Morgan fingerprint density at radius 3 is 2.44 bits per heavy atom. The number of anilines is 2. The second-order valence-corrected chi connectivity index (χ2v) is 12.9. The Morgan fingerprint density at radius 1 is 0.940 bits per heavy atom. The molecule has 0 saturated heterocycles. The van der Waals surface area contributed by atoms with Gasteiger partial charge in [0.25, 0.3) is 11.5 Å². The summed E-state index contributed by atoms with van der Waals surface area (Å²) in [4.78, 5) is 34.9. The third-order valence-electron chi connectivity index (χ3n) is 7.50. The molecule has 0 radical (unpaired) electrons. The molecule has 0 aliphatic heterocycles. The van der Waals surface area contributed by atoms with Gasteiger partial charge in [-0.3, -0.25) is 23.6 Å². The number of nitrogens with one attached hydrogen (secondary N) is 2.